The van der Waals surface area contributed by atoms with Crippen molar-refractivity contribution in [2.75, 3.05) is 0 Å². The van der Waals surface area contributed by atoms with E-state index in [1.54, 1.807) is 0 Å². The first-order valence-electron chi connectivity index (χ1n) is 7.23. The summed E-state index contributed by atoms with van der Waals surface area (Å²) in [4.78, 5) is 1.36. The molecule has 0 aliphatic carbocycles. The second-order valence-corrected chi connectivity index (χ2v) is 6.57. The minimum absolute atomic E-state index is 0.795. The Balaban J connectivity index is 1.84. The predicted molar refractivity (Wildman–Crippen MR) is 93.2 cm³/mol. The first-order valence-corrected chi connectivity index (χ1v) is 8.59. The number of aromatic nitrogens is 1. The lowest BCUT2D eigenvalue weighted by Gasteiger charge is -2.01. The molecule has 0 N–H and O–H groups in total. The summed E-state index contributed by atoms with van der Waals surface area (Å²) in [5.74, 6) is 0.970. The van der Waals surface area contributed by atoms with Gasteiger partial charge in [0.1, 0.15) is 0 Å². The maximum Gasteiger partial charge on any atom is 0.0491 e. The van der Waals surface area contributed by atoms with Crippen LogP contribution in [-0.4, -0.2) is 4.57 Å². The SMILES string of the molecule is CCCn1cc(SCc2ccc(Cl)cc2)c2ccccc21. The molecular formula is C18H18ClNS. The zero-order valence-corrected chi connectivity index (χ0v) is 13.6. The highest BCUT2D eigenvalue weighted by molar-refractivity contribution is 7.98. The van der Waals surface area contributed by atoms with Crippen LogP contribution in [0.5, 0.6) is 0 Å². The number of rotatable bonds is 5. The lowest BCUT2D eigenvalue weighted by Crippen LogP contribution is -1.93. The third-order valence-corrected chi connectivity index (χ3v) is 4.89. The number of para-hydroxylation sites is 1. The van der Waals surface area contributed by atoms with Crippen LogP contribution in [0.2, 0.25) is 5.02 Å². The molecule has 0 atom stereocenters. The molecule has 0 radical (unpaired) electrons. The van der Waals surface area contributed by atoms with Crippen LogP contribution in [0.3, 0.4) is 0 Å². The van der Waals surface area contributed by atoms with Crippen molar-refractivity contribution in [3.63, 3.8) is 0 Å². The summed E-state index contributed by atoms with van der Waals surface area (Å²) in [5.41, 5.74) is 2.63. The highest BCUT2D eigenvalue weighted by atomic mass is 35.5. The molecule has 0 fully saturated rings. The van der Waals surface area contributed by atoms with Crippen molar-refractivity contribution < 1.29 is 0 Å². The fourth-order valence-corrected chi connectivity index (χ4v) is 3.67. The normalized spacial score (nSPS) is 11.1. The van der Waals surface area contributed by atoms with Crippen LogP contribution in [0.4, 0.5) is 0 Å². The molecule has 0 aliphatic heterocycles. The van der Waals surface area contributed by atoms with Crippen molar-refractivity contribution in [1.29, 1.82) is 0 Å². The fourth-order valence-electron chi connectivity index (χ4n) is 2.50. The van der Waals surface area contributed by atoms with E-state index < -0.39 is 0 Å². The molecule has 1 nitrogen and oxygen atoms in total. The van der Waals surface area contributed by atoms with Crippen LogP contribution in [0.25, 0.3) is 10.9 Å². The van der Waals surface area contributed by atoms with Gasteiger partial charge in [-0.3, -0.25) is 0 Å². The number of aryl methyl sites for hydroxylation is 1. The Bertz CT molecular complexity index is 731. The van der Waals surface area contributed by atoms with E-state index in [-0.39, 0.29) is 0 Å². The van der Waals surface area contributed by atoms with Gasteiger partial charge in [-0.2, -0.15) is 0 Å². The number of halogens is 1. The first-order chi connectivity index (χ1) is 10.3. The summed E-state index contributed by atoms with van der Waals surface area (Å²) in [7, 11) is 0. The molecular weight excluding hydrogens is 298 g/mol. The summed E-state index contributed by atoms with van der Waals surface area (Å²) in [5, 5.41) is 2.15. The molecule has 3 aromatic rings. The first kappa shape index (κ1) is 14.6. The van der Waals surface area contributed by atoms with E-state index in [9.17, 15) is 0 Å². The summed E-state index contributed by atoms with van der Waals surface area (Å²) in [6, 6.07) is 16.8. The molecule has 0 bridgehead atoms. The van der Waals surface area contributed by atoms with E-state index in [4.69, 9.17) is 11.6 Å². The average Bonchev–Trinajstić information content (AvgIpc) is 2.86. The molecule has 0 aliphatic rings. The third-order valence-electron chi connectivity index (χ3n) is 3.52. The average molecular weight is 316 g/mol. The Morgan fingerprint density at radius 1 is 1.05 bits per heavy atom. The molecule has 0 amide bonds. The highest BCUT2D eigenvalue weighted by Gasteiger charge is 2.08. The van der Waals surface area contributed by atoms with Crippen molar-refractivity contribution in [2.24, 2.45) is 0 Å². The van der Waals surface area contributed by atoms with Gasteiger partial charge in [0.15, 0.2) is 0 Å². The Morgan fingerprint density at radius 2 is 1.81 bits per heavy atom. The molecule has 3 heteroatoms. The van der Waals surface area contributed by atoms with E-state index in [1.807, 2.05) is 23.9 Å². The molecule has 3 rings (SSSR count). The quantitative estimate of drug-likeness (QED) is 0.523. The number of fused-ring (bicyclic) bond motifs is 1. The highest BCUT2D eigenvalue weighted by Crippen LogP contribution is 2.32. The monoisotopic (exact) mass is 315 g/mol. The summed E-state index contributed by atoms with van der Waals surface area (Å²) < 4.78 is 2.36. The largest absolute Gasteiger partial charge is 0.346 e. The predicted octanol–water partition coefficient (Wildman–Crippen LogP) is 6.00. The van der Waals surface area contributed by atoms with Crippen molar-refractivity contribution in [2.45, 2.75) is 30.5 Å². The number of hydrogen-bond acceptors (Lipinski definition) is 1. The van der Waals surface area contributed by atoms with Gasteiger partial charge in [-0.25, -0.2) is 0 Å². The lowest BCUT2D eigenvalue weighted by atomic mass is 10.2. The third kappa shape index (κ3) is 3.28. The summed E-state index contributed by atoms with van der Waals surface area (Å²) in [6.45, 7) is 3.29. The van der Waals surface area contributed by atoms with Crippen molar-refractivity contribution >= 4 is 34.3 Å². The zero-order chi connectivity index (χ0) is 14.7. The van der Waals surface area contributed by atoms with E-state index in [1.165, 1.54) is 21.4 Å². The molecule has 0 unspecified atom stereocenters. The maximum atomic E-state index is 5.93. The Morgan fingerprint density at radius 3 is 2.57 bits per heavy atom. The van der Waals surface area contributed by atoms with Gasteiger partial charge >= 0.3 is 0 Å². The van der Waals surface area contributed by atoms with E-state index >= 15 is 0 Å². The summed E-state index contributed by atoms with van der Waals surface area (Å²) >= 11 is 7.83. The fraction of sp³-hybridized carbons (Fsp3) is 0.222. The van der Waals surface area contributed by atoms with E-state index in [0.717, 1.165) is 23.7 Å². The molecule has 0 saturated carbocycles. The molecule has 0 spiro atoms. The Hall–Kier alpha value is -1.38. The van der Waals surface area contributed by atoms with Crippen LogP contribution in [-0.2, 0) is 12.3 Å². The van der Waals surface area contributed by atoms with Gasteiger partial charge in [-0.05, 0) is 30.2 Å². The molecule has 21 heavy (non-hydrogen) atoms. The maximum absolute atomic E-state index is 5.93. The van der Waals surface area contributed by atoms with Gasteiger partial charge < -0.3 is 4.57 Å². The minimum Gasteiger partial charge on any atom is -0.346 e. The Kier molecular flexibility index (Phi) is 4.57. The smallest absolute Gasteiger partial charge is 0.0491 e. The van der Waals surface area contributed by atoms with Crippen LogP contribution >= 0.6 is 23.4 Å². The van der Waals surface area contributed by atoms with Crippen LogP contribution in [0, 0.1) is 0 Å². The van der Waals surface area contributed by atoms with Gasteiger partial charge in [-0.1, -0.05) is 48.9 Å². The molecule has 108 valence electrons. The topological polar surface area (TPSA) is 4.93 Å². The lowest BCUT2D eigenvalue weighted by molar-refractivity contribution is 0.700. The van der Waals surface area contributed by atoms with E-state index in [2.05, 4.69) is 54.1 Å². The second-order valence-electron chi connectivity index (χ2n) is 5.12. The zero-order valence-electron chi connectivity index (χ0n) is 12.1. The number of hydrogen-bond donors (Lipinski definition) is 0. The van der Waals surface area contributed by atoms with Crippen molar-refractivity contribution in [3.8, 4) is 0 Å². The molecule has 2 aromatic carbocycles. The molecule has 1 heterocycles. The molecule has 1 aromatic heterocycles. The number of thioether (sulfide) groups is 1. The number of benzene rings is 2. The second kappa shape index (κ2) is 6.59. The standard InChI is InChI=1S/C18H18ClNS/c1-2-11-20-12-18(16-5-3-4-6-17(16)20)21-13-14-7-9-15(19)10-8-14/h3-10,12H,2,11,13H2,1H3. The molecule has 0 saturated heterocycles. The van der Waals surface area contributed by atoms with E-state index in [0.29, 0.717) is 0 Å². The van der Waals surface area contributed by atoms with Crippen molar-refractivity contribution in [1.82, 2.24) is 4.57 Å². The van der Waals surface area contributed by atoms with Crippen LogP contribution < -0.4 is 0 Å². The van der Waals surface area contributed by atoms with Crippen LogP contribution in [0.1, 0.15) is 18.9 Å². The van der Waals surface area contributed by atoms with Crippen LogP contribution in [0.15, 0.2) is 59.6 Å². The van der Waals surface area contributed by atoms with Gasteiger partial charge in [-0.15, -0.1) is 11.8 Å². The van der Waals surface area contributed by atoms with Crippen molar-refractivity contribution in [3.05, 3.63) is 65.3 Å². The van der Waals surface area contributed by atoms with Gasteiger partial charge in [0.2, 0.25) is 0 Å². The van der Waals surface area contributed by atoms with Gasteiger partial charge in [0.25, 0.3) is 0 Å². The Labute approximate surface area is 134 Å². The minimum atomic E-state index is 0.795. The van der Waals surface area contributed by atoms with Gasteiger partial charge in [0, 0.05) is 39.3 Å². The number of nitrogens with zero attached hydrogens (tertiary/aromatic N) is 1. The summed E-state index contributed by atoms with van der Waals surface area (Å²) in [6.07, 6.45) is 3.44. The van der Waals surface area contributed by atoms with Gasteiger partial charge in [0.05, 0.1) is 0 Å².